The molecule has 0 aromatic carbocycles. The first-order valence-electron chi connectivity index (χ1n) is 10.2. The second-order valence-corrected chi connectivity index (χ2v) is 7.36. The number of amides is 1. The van der Waals surface area contributed by atoms with E-state index in [1.165, 1.54) is 12.3 Å². The Balaban J connectivity index is 1.29. The highest BCUT2D eigenvalue weighted by atomic mass is 16.2. The predicted molar refractivity (Wildman–Crippen MR) is 119 cm³/mol. The zero-order chi connectivity index (χ0) is 22.3. The smallest absolute Gasteiger partial charge is 0.274 e. The summed E-state index contributed by atoms with van der Waals surface area (Å²) < 4.78 is 1.55. The lowest BCUT2D eigenvalue weighted by Crippen LogP contribution is -2.26. The van der Waals surface area contributed by atoms with Crippen molar-refractivity contribution in [3.8, 4) is 18.0 Å². The van der Waals surface area contributed by atoms with Crippen molar-refractivity contribution in [2.24, 2.45) is 0 Å². The zero-order valence-electron chi connectivity index (χ0n) is 17.2. The van der Waals surface area contributed by atoms with Crippen LogP contribution < -0.4 is 21.5 Å². The van der Waals surface area contributed by atoms with E-state index >= 15 is 0 Å². The summed E-state index contributed by atoms with van der Waals surface area (Å²) in [7, 11) is 0. The van der Waals surface area contributed by atoms with Gasteiger partial charge in [0, 0.05) is 24.3 Å². The van der Waals surface area contributed by atoms with Gasteiger partial charge in [0.25, 0.3) is 11.5 Å². The molecule has 10 nitrogen and oxygen atoms in total. The van der Waals surface area contributed by atoms with Crippen molar-refractivity contribution in [2.45, 2.75) is 31.3 Å². The van der Waals surface area contributed by atoms with E-state index in [0.717, 1.165) is 25.1 Å². The van der Waals surface area contributed by atoms with Gasteiger partial charge in [0.2, 0.25) is 5.95 Å². The lowest BCUT2D eigenvalue weighted by molar-refractivity contribution is 0.0952. The van der Waals surface area contributed by atoms with Gasteiger partial charge in [-0.25, -0.2) is 9.97 Å². The average molecular weight is 430 g/mol. The molecule has 3 aromatic rings. The van der Waals surface area contributed by atoms with Crippen LogP contribution in [-0.2, 0) is 0 Å². The van der Waals surface area contributed by atoms with Crippen molar-refractivity contribution in [3.63, 3.8) is 0 Å². The second kappa shape index (κ2) is 9.70. The number of hydrogen-bond donors (Lipinski definition) is 3. The molecule has 3 aromatic heterocycles. The summed E-state index contributed by atoms with van der Waals surface area (Å²) in [4.78, 5) is 32.3. The molecule has 162 valence electrons. The lowest BCUT2D eigenvalue weighted by Gasteiger charge is -2.15. The first-order chi connectivity index (χ1) is 15.6. The number of aromatic nitrogens is 5. The third-order valence-corrected chi connectivity index (χ3v) is 5.11. The van der Waals surface area contributed by atoms with Crippen LogP contribution in [0.25, 0.3) is 5.69 Å². The third-order valence-electron chi connectivity index (χ3n) is 5.11. The van der Waals surface area contributed by atoms with Gasteiger partial charge < -0.3 is 16.0 Å². The molecule has 2 atom stereocenters. The summed E-state index contributed by atoms with van der Waals surface area (Å²) in [5, 5.41) is 17.1. The van der Waals surface area contributed by atoms with Crippen LogP contribution in [0.5, 0.6) is 0 Å². The van der Waals surface area contributed by atoms with E-state index in [0.29, 0.717) is 11.6 Å². The van der Waals surface area contributed by atoms with Crippen LogP contribution in [0.4, 0.5) is 11.8 Å². The molecule has 0 aliphatic heterocycles. The van der Waals surface area contributed by atoms with Gasteiger partial charge in [-0.05, 0) is 37.5 Å². The minimum atomic E-state index is -0.407. The third kappa shape index (κ3) is 5.07. The van der Waals surface area contributed by atoms with Gasteiger partial charge in [-0.15, -0.1) is 16.6 Å². The van der Waals surface area contributed by atoms with Gasteiger partial charge >= 0.3 is 0 Å². The number of carbonyl (C=O) groups is 1. The van der Waals surface area contributed by atoms with Crippen LogP contribution in [0.1, 0.15) is 29.8 Å². The van der Waals surface area contributed by atoms with Crippen LogP contribution in [0.2, 0.25) is 0 Å². The highest BCUT2D eigenvalue weighted by Gasteiger charge is 2.25. The summed E-state index contributed by atoms with van der Waals surface area (Å²) in [6.07, 6.45) is 12.6. The van der Waals surface area contributed by atoms with Crippen LogP contribution in [-0.4, -0.2) is 49.3 Å². The molecule has 10 heteroatoms. The average Bonchev–Trinajstić information content (AvgIpc) is 3.25. The van der Waals surface area contributed by atoms with Crippen molar-refractivity contribution in [1.29, 1.82) is 0 Å². The summed E-state index contributed by atoms with van der Waals surface area (Å²) >= 11 is 0. The molecule has 0 spiro atoms. The molecule has 0 unspecified atom stereocenters. The minimum Gasteiger partial charge on any atom is -0.367 e. The van der Waals surface area contributed by atoms with E-state index in [2.05, 4.69) is 42.0 Å². The lowest BCUT2D eigenvalue weighted by atomic mass is 10.2. The Bertz CT molecular complexity index is 1170. The molecule has 32 heavy (non-hydrogen) atoms. The molecule has 3 N–H and O–H groups in total. The quantitative estimate of drug-likeness (QED) is 0.478. The largest absolute Gasteiger partial charge is 0.367 e. The van der Waals surface area contributed by atoms with E-state index in [4.69, 9.17) is 6.42 Å². The maximum absolute atomic E-state index is 11.9. The molecule has 4 rings (SSSR count). The first kappa shape index (κ1) is 21.0. The predicted octanol–water partition coefficient (Wildman–Crippen LogP) is 1.23. The number of anilines is 2. The number of terminal acetylenes is 1. The molecule has 3 heterocycles. The summed E-state index contributed by atoms with van der Waals surface area (Å²) in [5.41, 5.74) is 0.731. The fraction of sp³-hybridized carbons (Fsp3) is 0.273. The molecule has 1 aliphatic carbocycles. The fourth-order valence-electron chi connectivity index (χ4n) is 3.56. The van der Waals surface area contributed by atoms with Crippen LogP contribution >= 0.6 is 0 Å². The number of rotatable bonds is 7. The molecule has 1 saturated carbocycles. The van der Waals surface area contributed by atoms with Crippen LogP contribution in [0, 0.1) is 12.3 Å². The molecule has 0 bridgehead atoms. The molecule has 0 radical (unpaired) electrons. The Kier molecular flexibility index (Phi) is 6.36. The topological polar surface area (TPSA) is 127 Å². The van der Waals surface area contributed by atoms with Gasteiger partial charge in [0.1, 0.15) is 5.82 Å². The monoisotopic (exact) mass is 430 g/mol. The SMILES string of the molecule is C#CCNC(=O)c1cnc(N[C@H]2CC[C@H](Nc3ccc(-n4ccccc4=O)cn3)C2)nn1. The minimum absolute atomic E-state index is 0.0994. The Labute approximate surface area is 184 Å². The van der Waals surface area contributed by atoms with Crippen LogP contribution in [0.3, 0.4) is 0 Å². The van der Waals surface area contributed by atoms with E-state index in [1.807, 2.05) is 12.1 Å². The molecule has 1 aliphatic rings. The Morgan fingerprint density at radius 1 is 1.09 bits per heavy atom. The highest BCUT2D eigenvalue weighted by Crippen LogP contribution is 2.24. The van der Waals surface area contributed by atoms with Gasteiger partial charge in [-0.1, -0.05) is 12.0 Å². The first-order valence-corrected chi connectivity index (χ1v) is 10.2. The number of pyridine rings is 2. The van der Waals surface area contributed by atoms with Gasteiger partial charge in [0.05, 0.1) is 24.6 Å². The molecule has 1 fully saturated rings. The molecule has 0 saturated heterocycles. The van der Waals surface area contributed by atoms with Crippen molar-refractivity contribution in [1.82, 2.24) is 30.0 Å². The Morgan fingerprint density at radius 2 is 1.94 bits per heavy atom. The summed E-state index contributed by atoms with van der Waals surface area (Å²) in [5.74, 6) is 3.05. The Hall–Kier alpha value is -4.26. The normalized spacial score (nSPS) is 17.3. The number of nitrogens with one attached hydrogen (secondary N) is 3. The molecule has 1 amide bonds. The van der Waals surface area contributed by atoms with Gasteiger partial charge in [-0.3, -0.25) is 14.2 Å². The zero-order valence-corrected chi connectivity index (χ0v) is 17.2. The van der Waals surface area contributed by atoms with Crippen molar-refractivity contribution < 1.29 is 4.79 Å². The van der Waals surface area contributed by atoms with Crippen LogP contribution in [0.15, 0.2) is 53.7 Å². The fourth-order valence-corrected chi connectivity index (χ4v) is 3.56. The summed E-state index contributed by atoms with van der Waals surface area (Å²) in [6.45, 7) is 0.124. The number of nitrogens with zero attached hydrogens (tertiary/aromatic N) is 5. The second-order valence-electron chi connectivity index (χ2n) is 7.36. The van der Waals surface area contributed by atoms with Crippen molar-refractivity contribution >= 4 is 17.7 Å². The standard InChI is InChI=1S/C22H22N8O2/c1-2-10-23-21(32)18-14-25-22(29-28-18)27-16-7-6-15(12-16)26-19-9-8-17(13-24-19)30-11-4-3-5-20(30)31/h1,3-5,8-9,11,13-16H,6-7,10,12H2,(H,23,32)(H,24,26)(H,25,27,29)/t15-,16-/m0/s1. The van der Waals surface area contributed by atoms with Crippen molar-refractivity contribution in [3.05, 3.63) is 65.0 Å². The Morgan fingerprint density at radius 3 is 2.62 bits per heavy atom. The van der Waals surface area contributed by atoms with E-state index in [9.17, 15) is 9.59 Å². The summed E-state index contributed by atoms with van der Waals surface area (Å²) in [6, 6.07) is 9.18. The van der Waals surface area contributed by atoms with E-state index < -0.39 is 5.91 Å². The molecular formula is C22H22N8O2. The highest BCUT2D eigenvalue weighted by molar-refractivity contribution is 5.91. The van der Waals surface area contributed by atoms with E-state index in [-0.39, 0.29) is 29.9 Å². The maximum atomic E-state index is 11.9. The number of carbonyl (C=O) groups excluding carboxylic acids is 1. The maximum Gasteiger partial charge on any atom is 0.274 e. The van der Waals surface area contributed by atoms with Gasteiger partial charge in [-0.2, -0.15) is 0 Å². The van der Waals surface area contributed by atoms with Gasteiger partial charge in [0.15, 0.2) is 5.69 Å². The number of hydrogen-bond acceptors (Lipinski definition) is 8. The van der Waals surface area contributed by atoms with Crippen molar-refractivity contribution in [2.75, 3.05) is 17.2 Å². The van der Waals surface area contributed by atoms with E-state index in [1.54, 1.807) is 29.1 Å². The molecular weight excluding hydrogens is 408 g/mol.